The van der Waals surface area contributed by atoms with Crippen molar-refractivity contribution in [3.63, 3.8) is 0 Å². The SMILES string of the molecule is COc1ccc(-c2ccc(NCc3cccc(C)c3)nc2)nc1[C@H]1C[C@@H]1C(=O)O. The quantitative estimate of drug-likeness (QED) is 0.628. The summed E-state index contributed by atoms with van der Waals surface area (Å²) < 4.78 is 5.39. The molecule has 2 heterocycles. The number of aryl methyl sites for hydroxylation is 1. The third-order valence-corrected chi connectivity index (χ3v) is 5.18. The van der Waals surface area contributed by atoms with E-state index in [1.807, 2.05) is 30.3 Å². The summed E-state index contributed by atoms with van der Waals surface area (Å²) in [6.45, 7) is 2.78. The molecular formula is C23H23N3O3. The Hall–Kier alpha value is -3.41. The Balaban J connectivity index is 1.49. The summed E-state index contributed by atoms with van der Waals surface area (Å²) in [5.74, 6) is 0.169. The van der Waals surface area contributed by atoms with Gasteiger partial charge < -0.3 is 15.2 Å². The van der Waals surface area contributed by atoms with Gasteiger partial charge in [0.2, 0.25) is 0 Å². The van der Waals surface area contributed by atoms with E-state index in [0.29, 0.717) is 24.4 Å². The Morgan fingerprint density at radius 3 is 2.76 bits per heavy atom. The maximum absolute atomic E-state index is 11.2. The zero-order valence-corrected chi connectivity index (χ0v) is 16.4. The highest BCUT2D eigenvalue weighted by Gasteiger charge is 2.46. The summed E-state index contributed by atoms with van der Waals surface area (Å²) in [4.78, 5) is 20.4. The van der Waals surface area contributed by atoms with Gasteiger partial charge in [0.25, 0.3) is 0 Å². The van der Waals surface area contributed by atoms with Crippen molar-refractivity contribution in [2.75, 3.05) is 12.4 Å². The van der Waals surface area contributed by atoms with Crippen molar-refractivity contribution in [3.05, 3.63) is 71.5 Å². The maximum atomic E-state index is 11.2. The number of aliphatic carboxylic acids is 1. The van der Waals surface area contributed by atoms with Crippen LogP contribution >= 0.6 is 0 Å². The minimum absolute atomic E-state index is 0.0920. The molecule has 29 heavy (non-hydrogen) atoms. The highest BCUT2D eigenvalue weighted by atomic mass is 16.5. The zero-order valence-electron chi connectivity index (χ0n) is 16.4. The topological polar surface area (TPSA) is 84.3 Å². The normalized spacial score (nSPS) is 17.6. The van der Waals surface area contributed by atoms with Crippen LogP contribution in [0.3, 0.4) is 0 Å². The highest BCUT2D eigenvalue weighted by molar-refractivity contribution is 5.75. The molecule has 4 rings (SSSR count). The Kier molecular flexibility index (Phi) is 5.16. The lowest BCUT2D eigenvalue weighted by molar-refractivity contribution is -0.138. The molecule has 0 unspecified atom stereocenters. The Bertz CT molecular complexity index is 1030. The Morgan fingerprint density at radius 2 is 2.10 bits per heavy atom. The van der Waals surface area contributed by atoms with Crippen LogP contribution in [0.5, 0.6) is 5.75 Å². The van der Waals surface area contributed by atoms with Crippen LogP contribution in [-0.4, -0.2) is 28.2 Å². The molecule has 0 amide bonds. The molecule has 3 aromatic rings. The molecule has 1 aliphatic rings. The zero-order chi connectivity index (χ0) is 20.4. The number of benzene rings is 1. The number of hydrogen-bond acceptors (Lipinski definition) is 5. The van der Waals surface area contributed by atoms with Gasteiger partial charge in [0.05, 0.1) is 24.4 Å². The summed E-state index contributed by atoms with van der Waals surface area (Å²) in [6.07, 6.45) is 2.38. The number of nitrogens with zero attached hydrogens (tertiary/aromatic N) is 2. The predicted molar refractivity (Wildman–Crippen MR) is 111 cm³/mol. The second-order valence-electron chi connectivity index (χ2n) is 7.35. The van der Waals surface area contributed by atoms with E-state index in [1.165, 1.54) is 11.1 Å². The fraction of sp³-hybridized carbons (Fsp3) is 0.261. The number of methoxy groups -OCH3 is 1. The number of anilines is 1. The molecule has 6 heteroatoms. The van der Waals surface area contributed by atoms with Gasteiger partial charge in [0.1, 0.15) is 11.6 Å². The summed E-state index contributed by atoms with van der Waals surface area (Å²) in [5, 5.41) is 12.6. The minimum atomic E-state index is -0.782. The van der Waals surface area contributed by atoms with Crippen LogP contribution in [0.2, 0.25) is 0 Å². The first-order valence-electron chi connectivity index (χ1n) is 9.58. The first kappa shape index (κ1) is 18.9. The van der Waals surface area contributed by atoms with Crippen LogP contribution in [0, 0.1) is 12.8 Å². The van der Waals surface area contributed by atoms with Crippen LogP contribution in [0.4, 0.5) is 5.82 Å². The Labute approximate surface area is 169 Å². The van der Waals surface area contributed by atoms with Crippen molar-refractivity contribution in [2.45, 2.75) is 25.8 Å². The molecule has 0 saturated heterocycles. The molecule has 1 fully saturated rings. The van der Waals surface area contributed by atoms with E-state index in [9.17, 15) is 9.90 Å². The van der Waals surface area contributed by atoms with E-state index in [0.717, 1.165) is 17.1 Å². The summed E-state index contributed by atoms with van der Waals surface area (Å²) in [7, 11) is 1.58. The van der Waals surface area contributed by atoms with Gasteiger partial charge in [0.15, 0.2) is 0 Å². The van der Waals surface area contributed by atoms with Crippen molar-refractivity contribution in [3.8, 4) is 17.0 Å². The molecule has 0 spiro atoms. The monoisotopic (exact) mass is 389 g/mol. The van der Waals surface area contributed by atoms with E-state index < -0.39 is 5.97 Å². The number of nitrogens with one attached hydrogen (secondary N) is 1. The third kappa shape index (κ3) is 4.21. The molecule has 0 radical (unpaired) electrons. The van der Waals surface area contributed by atoms with Gasteiger partial charge in [-0.2, -0.15) is 0 Å². The molecular weight excluding hydrogens is 366 g/mol. The number of aromatic nitrogens is 2. The summed E-state index contributed by atoms with van der Waals surface area (Å²) in [6, 6.07) is 16.0. The van der Waals surface area contributed by atoms with Gasteiger partial charge in [0, 0.05) is 24.2 Å². The second-order valence-corrected chi connectivity index (χ2v) is 7.35. The van der Waals surface area contributed by atoms with E-state index in [2.05, 4.69) is 35.4 Å². The number of carboxylic acids is 1. The fourth-order valence-electron chi connectivity index (χ4n) is 3.50. The van der Waals surface area contributed by atoms with Gasteiger partial charge in [-0.3, -0.25) is 4.79 Å². The second kappa shape index (κ2) is 7.91. The van der Waals surface area contributed by atoms with Gasteiger partial charge in [-0.05, 0) is 43.2 Å². The summed E-state index contributed by atoms with van der Waals surface area (Å²) in [5.41, 5.74) is 4.78. The van der Waals surface area contributed by atoms with Crippen LogP contribution in [0.15, 0.2) is 54.7 Å². The molecule has 6 nitrogen and oxygen atoms in total. The third-order valence-electron chi connectivity index (χ3n) is 5.18. The standard InChI is InChI=1S/C23H23N3O3/c1-14-4-3-5-15(10-14)12-24-21-9-6-16(13-25-21)19-7-8-20(29-2)22(26-19)17-11-18(17)23(27)28/h3-10,13,17-18H,11-12H2,1-2H3,(H,24,25)(H,27,28)/t17-,18-/m0/s1. The highest BCUT2D eigenvalue weighted by Crippen LogP contribution is 2.50. The van der Waals surface area contributed by atoms with E-state index in [1.54, 1.807) is 13.3 Å². The van der Waals surface area contributed by atoms with Gasteiger partial charge in [-0.1, -0.05) is 29.8 Å². The van der Waals surface area contributed by atoms with E-state index in [4.69, 9.17) is 9.72 Å². The molecule has 0 bridgehead atoms. The lowest BCUT2D eigenvalue weighted by Gasteiger charge is -2.10. The number of pyridine rings is 2. The van der Waals surface area contributed by atoms with E-state index >= 15 is 0 Å². The van der Waals surface area contributed by atoms with Gasteiger partial charge >= 0.3 is 5.97 Å². The molecule has 2 N–H and O–H groups in total. The molecule has 2 aromatic heterocycles. The molecule has 1 saturated carbocycles. The number of rotatable bonds is 7. The van der Waals surface area contributed by atoms with Crippen molar-refractivity contribution in [1.82, 2.24) is 9.97 Å². The van der Waals surface area contributed by atoms with Crippen molar-refractivity contribution >= 4 is 11.8 Å². The van der Waals surface area contributed by atoms with Crippen LogP contribution < -0.4 is 10.1 Å². The maximum Gasteiger partial charge on any atom is 0.307 e. The molecule has 2 atom stereocenters. The van der Waals surface area contributed by atoms with Gasteiger partial charge in [-0.25, -0.2) is 9.97 Å². The number of hydrogen-bond donors (Lipinski definition) is 2. The van der Waals surface area contributed by atoms with Crippen LogP contribution in [-0.2, 0) is 11.3 Å². The number of carbonyl (C=O) groups is 1. The molecule has 0 aliphatic heterocycles. The molecule has 1 aliphatic carbocycles. The smallest absolute Gasteiger partial charge is 0.307 e. The van der Waals surface area contributed by atoms with Gasteiger partial charge in [-0.15, -0.1) is 0 Å². The summed E-state index contributed by atoms with van der Waals surface area (Å²) >= 11 is 0. The lowest BCUT2D eigenvalue weighted by atomic mass is 10.1. The average Bonchev–Trinajstić information content (AvgIpc) is 3.53. The average molecular weight is 389 g/mol. The molecule has 1 aromatic carbocycles. The predicted octanol–water partition coefficient (Wildman–Crippen LogP) is 4.26. The van der Waals surface area contributed by atoms with E-state index in [-0.39, 0.29) is 11.8 Å². The number of ether oxygens (including phenoxy) is 1. The Morgan fingerprint density at radius 1 is 1.24 bits per heavy atom. The van der Waals surface area contributed by atoms with Crippen LogP contribution in [0.1, 0.15) is 29.2 Å². The first-order valence-corrected chi connectivity index (χ1v) is 9.58. The fourth-order valence-corrected chi connectivity index (χ4v) is 3.50. The molecule has 148 valence electrons. The lowest BCUT2D eigenvalue weighted by Crippen LogP contribution is -2.03. The minimum Gasteiger partial charge on any atom is -0.495 e. The number of carboxylic acid groups (broad SMARTS) is 1. The van der Waals surface area contributed by atoms with Crippen LogP contribution in [0.25, 0.3) is 11.3 Å². The van der Waals surface area contributed by atoms with Crippen molar-refractivity contribution < 1.29 is 14.6 Å². The van der Waals surface area contributed by atoms with Crippen molar-refractivity contribution in [1.29, 1.82) is 0 Å². The largest absolute Gasteiger partial charge is 0.495 e. The first-order chi connectivity index (χ1) is 14.0. The van der Waals surface area contributed by atoms with Crippen molar-refractivity contribution in [2.24, 2.45) is 5.92 Å².